The fourth-order valence-corrected chi connectivity index (χ4v) is 3.89. The van der Waals surface area contributed by atoms with Gasteiger partial charge in [0.25, 0.3) is 0 Å². The summed E-state index contributed by atoms with van der Waals surface area (Å²) in [6.45, 7) is 2.81. The van der Waals surface area contributed by atoms with E-state index in [9.17, 15) is 8.42 Å². The minimum Gasteiger partial charge on any atom is -0.380 e. The molecule has 1 saturated heterocycles. The summed E-state index contributed by atoms with van der Waals surface area (Å²) in [6, 6.07) is 5.96. The molecule has 0 aromatic heterocycles. The lowest BCUT2D eigenvalue weighted by molar-refractivity contribution is 0.0386. The lowest BCUT2D eigenvalue weighted by Gasteiger charge is -2.33. The number of hydrogen-bond acceptors (Lipinski definition) is 4. The Morgan fingerprint density at radius 2 is 2.25 bits per heavy atom. The maximum Gasteiger partial charge on any atom is 0.241 e. The van der Waals surface area contributed by atoms with Crippen molar-refractivity contribution < 1.29 is 13.2 Å². The van der Waals surface area contributed by atoms with E-state index in [0.717, 1.165) is 12.8 Å². The summed E-state index contributed by atoms with van der Waals surface area (Å²) in [5.41, 5.74) is -0.366. The quantitative estimate of drug-likeness (QED) is 0.926. The van der Waals surface area contributed by atoms with Gasteiger partial charge in [0.15, 0.2) is 0 Å². The Morgan fingerprint density at radius 3 is 2.80 bits per heavy atom. The van der Waals surface area contributed by atoms with E-state index < -0.39 is 15.6 Å². The zero-order valence-electron chi connectivity index (χ0n) is 11.0. The van der Waals surface area contributed by atoms with Crippen molar-refractivity contribution in [2.75, 3.05) is 13.2 Å². The van der Waals surface area contributed by atoms with Gasteiger partial charge >= 0.3 is 0 Å². The SMILES string of the molecule is CC1(NS(=O)(=O)c2ccc(C#N)c(Cl)c2)CCCOC1. The van der Waals surface area contributed by atoms with Gasteiger partial charge in [-0.25, -0.2) is 13.1 Å². The van der Waals surface area contributed by atoms with E-state index in [1.807, 2.05) is 13.0 Å². The second-order valence-electron chi connectivity index (χ2n) is 5.08. The van der Waals surface area contributed by atoms with Gasteiger partial charge in [-0.3, -0.25) is 0 Å². The molecule has 1 fully saturated rings. The van der Waals surface area contributed by atoms with Crippen molar-refractivity contribution in [3.05, 3.63) is 28.8 Å². The monoisotopic (exact) mass is 314 g/mol. The number of hydrogen-bond donors (Lipinski definition) is 1. The second kappa shape index (κ2) is 5.70. The highest BCUT2D eigenvalue weighted by Gasteiger charge is 2.33. The predicted molar refractivity (Wildman–Crippen MR) is 74.9 cm³/mol. The predicted octanol–water partition coefficient (Wildman–Crippen LogP) is 2.06. The molecule has 1 aliphatic heterocycles. The van der Waals surface area contributed by atoms with E-state index in [2.05, 4.69) is 4.72 Å². The molecular weight excluding hydrogens is 300 g/mol. The molecule has 1 aromatic rings. The molecule has 2 rings (SSSR count). The van der Waals surface area contributed by atoms with Gasteiger partial charge in [-0.1, -0.05) is 11.6 Å². The minimum atomic E-state index is -3.69. The number of sulfonamides is 1. The average Bonchev–Trinajstić information content (AvgIpc) is 2.38. The first-order valence-electron chi connectivity index (χ1n) is 6.18. The summed E-state index contributed by atoms with van der Waals surface area (Å²) in [5, 5.41) is 8.92. The van der Waals surface area contributed by atoms with Crippen LogP contribution in [0, 0.1) is 11.3 Å². The van der Waals surface area contributed by atoms with E-state index in [-0.39, 0.29) is 15.5 Å². The fraction of sp³-hybridized carbons (Fsp3) is 0.462. The van der Waals surface area contributed by atoms with Crippen molar-refractivity contribution in [1.29, 1.82) is 5.26 Å². The first-order valence-corrected chi connectivity index (χ1v) is 8.04. The van der Waals surface area contributed by atoms with Gasteiger partial charge in [0.1, 0.15) is 6.07 Å². The van der Waals surface area contributed by atoms with Crippen LogP contribution >= 0.6 is 11.6 Å². The van der Waals surface area contributed by atoms with Gasteiger partial charge in [0.2, 0.25) is 10.0 Å². The van der Waals surface area contributed by atoms with Crippen LogP contribution in [0.3, 0.4) is 0 Å². The number of nitrogens with one attached hydrogen (secondary N) is 1. The first kappa shape index (κ1) is 15.3. The van der Waals surface area contributed by atoms with E-state index in [0.29, 0.717) is 13.2 Å². The van der Waals surface area contributed by atoms with Gasteiger partial charge in [0, 0.05) is 6.61 Å². The van der Waals surface area contributed by atoms with E-state index in [1.165, 1.54) is 18.2 Å². The van der Waals surface area contributed by atoms with Crippen LogP contribution in [0.4, 0.5) is 0 Å². The van der Waals surface area contributed by atoms with Crippen LogP contribution in [0.15, 0.2) is 23.1 Å². The van der Waals surface area contributed by atoms with Crippen LogP contribution in [-0.4, -0.2) is 27.2 Å². The Kier molecular flexibility index (Phi) is 4.35. The Bertz CT molecular complexity index is 646. The summed E-state index contributed by atoms with van der Waals surface area (Å²) in [7, 11) is -3.69. The van der Waals surface area contributed by atoms with Crippen LogP contribution in [0.1, 0.15) is 25.3 Å². The van der Waals surface area contributed by atoms with Crippen molar-refractivity contribution in [1.82, 2.24) is 4.72 Å². The number of halogens is 1. The molecule has 1 aromatic carbocycles. The fourth-order valence-electron chi connectivity index (χ4n) is 2.15. The molecular formula is C13H15ClN2O3S. The molecule has 1 aliphatic rings. The molecule has 0 saturated carbocycles. The van der Waals surface area contributed by atoms with E-state index in [4.69, 9.17) is 21.6 Å². The van der Waals surface area contributed by atoms with Crippen molar-refractivity contribution in [2.24, 2.45) is 0 Å². The zero-order valence-corrected chi connectivity index (χ0v) is 12.6. The molecule has 20 heavy (non-hydrogen) atoms. The highest BCUT2D eigenvalue weighted by atomic mass is 35.5. The highest BCUT2D eigenvalue weighted by molar-refractivity contribution is 7.89. The average molecular weight is 315 g/mol. The van der Waals surface area contributed by atoms with Gasteiger partial charge in [-0.05, 0) is 38.0 Å². The number of benzene rings is 1. The third kappa shape index (κ3) is 3.30. The molecule has 108 valence electrons. The first-order chi connectivity index (χ1) is 9.36. The highest BCUT2D eigenvalue weighted by Crippen LogP contribution is 2.24. The summed E-state index contributed by atoms with van der Waals surface area (Å²) >= 11 is 5.87. The van der Waals surface area contributed by atoms with Crippen LogP contribution in [0.5, 0.6) is 0 Å². The second-order valence-corrected chi connectivity index (χ2v) is 7.17. The van der Waals surface area contributed by atoms with Gasteiger partial charge < -0.3 is 4.74 Å². The topological polar surface area (TPSA) is 79.2 Å². The molecule has 0 aliphatic carbocycles. The van der Waals surface area contributed by atoms with Crippen molar-refractivity contribution >= 4 is 21.6 Å². The third-order valence-corrected chi connectivity index (χ3v) is 5.14. The Hall–Kier alpha value is -1.13. The Balaban J connectivity index is 2.26. The number of nitrogens with zero attached hydrogens (tertiary/aromatic N) is 1. The van der Waals surface area contributed by atoms with Crippen molar-refractivity contribution in [2.45, 2.75) is 30.2 Å². The molecule has 0 radical (unpaired) electrons. The Morgan fingerprint density at radius 1 is 1.50 bits per heavy atom. The van der Waals surface area contributed by atoms with E-state index in [1.54, 1.807) is 0 Å². The van der Waals surface area contributed by atoms with Crippen LogP contribution < -0.4 is 4.72 Å². The lowest BCUT2D eigenvalue weighted by Crippen LogP contribution is -2.51. The maximum atomic E-state index is 12.3. The summed E-state index contributed by atoms with van der Waals surface area (Å²) in [5.74, 6) is 0. The molecule has 0 spiro atoms. The molecule has 1 N–H and O–H groups in total. The third-order valence-electron chi connectivity index (χ3n) is 3.19. The van der Waals surface area contributed by atoms with Gasteiger partial charge in [-0.2, -0.15) is 5.26 Å². The molecule has 1 atom stereocenters. The molecule has 1 heterocycles. The molecule has 5 nitrogen and oxygen atoms in total. The number of rotatable bonds is 3. The summed E-state index contributed by atoms with van der Waals surface area (Å²) in [4.78, 5) is 0.0494. The normalized spacial score (nSPS) is 23.2. The van der Waals surface area contributed by atoms with E-state index >= 15 is 0 Å². The zero-order chi connectivity index (χ0) is 14.8. The molecule has 0 bridgehead atoms. The smallest absolute Gasteiger partial charge is 0.241 e. The summed E-state index contributed by atoms with van der Waals surface area (Å²) in [6.07, 6.45) is 1.53. The van der Waals surface area contributed by atoms with Gasteiger partial charge in [-0.15, -0.1) is 0 Å². The minimum absolute atomic E-state index is 0.0494. The van der Waals surface area contributed by atoms with Crippen LogP contribution in [-0.2, 0) is 14.8 Å². The lowest BCUT2D eigenvalue weighted by atomic mass is 9.97. The Labute approximate surface area is 123 Å². The van der Waals surface area contributed by atoms with Crippen LogP contribution in [0.2, 0.25) is 5.02 Å². The molecule has 7 heteroatoms. The van der Waals surface area contributed by atoms with Crippen molar-refractivity contribution in [3.63, 3.8) is 0 Å². The van der Waals surface area contributed by atoms with Crippen LogP contribution in [0.25, 0.3) is 0 Å². The van der Waals surface area contributed by atoms with Crippen molar-refractivity contribution in [3.8, 4) is 6.07 Å². The summed E-state index contributed by atoms with van der Waals surface area (Å²) < 4.78 is 32.7. The largest absolute Gasteiger partial charge is 0.380 e. The standard InChI is InChI=1S/C13H15ClN2O3S/c1-13(5-2-6-19-9-13)16-20(17,18)11-4-3-10(8-15)12(14)7-11/h3-4,7,16H,2,5-6,9H2,1H3. The maximum absolute atomic E-state index is 12.3. The number of ether oxygens (including phenoxy) is 1. The molecule has 0 amide bonds. The van der Waals surface area contributed by atoms with Gasteiger partial charge in [0.05, 0.1) is 27.6 Å². The molecule has 1 unspecified atom stereocenters. The number of nitriles is 1.